The topological polar surface area (TPSA) is 21.8 Å². The molecule has 2 aliphatic heterocycles. The number of nitrogens with one attached hydrogen (secondary N) is 1. The normalized spacial score (nSPS) is 27.9. The molecule has 0 saturated carbocycles. The fourth-order valence-electron chi connectivity index (χ4n) is 3.47. The Morgan fingerprint density at radius 3 is 2.35 bits per heavy atom. The summed E-state index contributed by atoms with van der Waals surface area (Å²) in [6.45, 7) is 13.1. The average Bonchev–Trinajstić information content (AvgIpc) is 2.41. The monoisotopic (exact) mass is 282 g/mol. The summed E-state index contributed by atoms with van der Waals surface area (Å²) in [5.74, 6) is 0. The lowest BCUT2D eigenvalue weighted by Gasteiger charge is -2.44. The van der Waals surface area contributed by atoms with Crippen LogP contribution in [0.2, 0.25) is 0 Å². The molecule has 0 bridgehead atoms. The van der Waals surface area contributed by atoms with Gasteiger partial charge in [-0.2, -0.15) is 0 Å². The Hall–Kier alpha value is -0.160. The van der Waals surface area contributed by atoms with Gasteiger partial charge in [0, 0.05) is 50.8 Å². The van der Waals surface area contributed by atoms with Crippen LogP contribution in [0.4, 0.5) is 0 Å². The van der Waals surface area contributed by atoms with E-state index in [1.54, 1.807) is 0 Å². The number of nitrogens with zero attached hydrogens (tertiary/aromatic N) is 3. The second-order valence-electron chi connectivity index (χ2n) is 7.36. The first-order chi connectivity index (χ1) is 9.49. The van der Waals surface area contributed by atoms with Crippen molar-refractivity contribution in [2.75, 3.05) is 59.9 Å². The minimum absolute atomic E-state index is 0.272. The molecule has 2 aliphatic rings. The minimum atomic E-state index is 0.272. The Balaban J connectivity index is 1.71. The zero-order chi connectivity index (χ0) is 14.6. The van der Waals surface area contributed by atoms with Gasteiger partial charge in [0.05, 0.1) is 0 Å². The van der Waals surface area contributed by atoms with Crippen molar-refractivity contribution in [3.05, 3.63) is 0 Å². The van der Waals surface area contributed by atoms with Crippen LogP contribution in [-0.2, 0) is 0 Å². The number of likely N-dealkylation sites (N-methyl/N-ethyl adjacent to an activating group) is 2. The van der Waals surface area contributed by atoms with E-state index in [-0.39, 0.29) is 5.54 Å². The SMILES string of the molecule is CN1CCN(C(C)(C)CNCC2CCCCN2C)CC1. The van der Waals surface area contributed by atoms with E-state index in [9.17, 15) is 0 Å². The highest BCUT2D eigenvalue weighted by Crippen LogP contribution is 2.17. The van der Waals surface area contributed by atoms with Gasteiger partial charge in [-0.25, -0.2) is 0 Å². The van der Waals surface area contributed by atoms with Crippen molar-refractivity contribution < 1.29 is 0 Å². The van der Waals surface area contributed by atoms with Crippen LogP contribution in [0.25, 0.3) is 0 Å². The van der Waals surface area contributed by atoms with E-state index in [2.05, 4.69) is 48.0 Å². The number of rotatable bonds is 5. The number of likely N-dealkylation sites (tertiary alicyclic amines) is 1. The predicted molar refractivity (Wildman–Crippen MR) is 86.3 cm³/mol. The first kappa shape index (κ1) is 16.2. The van der Waals surface area contributed by atoms with E-state index in [0.29, 0.717) is 0 Å². The van der Waals surface area contributed by atoms with Gasteiger partial charge in [-0.1, -0.05) is 6.42 Å². The quantitative estimate of drug-likeness (QED) is 0.815. The average molecular weight is 282 g/mol. The Bertz CT molecular complexity index is 284. The first-order valence-corrected chi connectivity index (χ1v) is 8.33. The molecule has 0 aromatic heterocycles. The lowest BCUT2D eigenvalue weighted by atomic mass is 10.00. The van der Waals surface area contributed by atoms with Crippen molar-refractivity contribution in [3.63, 3.8) is 0 Å². The van der Waals surface area contributed by atoms with E-state index in [1.165, 1.54) is 52.0 Å². The molecular formula is C16H34N4. The van der Waals surface area contributed by atoms with Gasteiger partial charge in [0.2, 0.25) is 0 Å². The lowest BCUT2D eigenvalue weighted by molar-refractivity contribution is 0.0600. The van der Waals surface area contributed by atoms with Crippen LogP contribution in [-0.4, -0.2) is 86.2 Å². The molecule has 2 rings (SSSR count). The molecule has 118 valence electrons. The highest BCUT2D eigenvalue weighted by molar-refractivity contribution is 4.88. The molecule has 1 unspecified atom stereocenters. The molecule has 1 atom stereocenters. The summed E-state index contributed by atoms with van der Waals surface area (Å²) < 4.78 is 0. The molecule has 0 radical (unpaired) electrons. The van der Waals surface area contributed by atoms with Crippen LogP contribution >= 0.6 is 0 Å². The minimum Gasteiger partial charge on any atom is -0.313 e. The van der Waals surface area contributed by atoms with E-state index in [0.717, 1.165) is 19.1 Å². The Labute approximate surface area is 125 Å². The van der Waals surface area contributed by atoms with Gasteiger partial charge in [0.25, 0.3) is 0 Å². The molecule has 0 aliphatic carbocycles. The summed E-state index contributed by atoms with van der Waals surface area (Å²) in [6, 6.07) is 0.743. The summed E-state index contributed by atoms with van der Waals surface area (Å²) in [5, 5.41) is 3.74. The van der Waals surface area contributed by atoms with Crippen molar-refractivity contribution in [1.29, 1.82) is 0 Å². The highest BCUT2D eigenvalue weighted by Gasteiger charge is 2.29. The lowest BCUT2D eigenvalue weighted by Crippen LogP contribution is -2.58. The van der Waals surface area contributed by atoms with E-state index >= 15 is 0 Å². The second-order valence-corrected chi connectivity index (χ2v) is 7.36. The molecule has 2 heterocycles. The number of hydrogen-bond acceptors (Lipinski definition) is 4. The summed E-state index contributed by atoms with van der Waals surface area (Å²) in [7, 11) is 4.50. The fourth-order valence-corrected chi connectivity index (χ4v) is 3.47. The van der Waals surface area contributed by atoms with E-state index in [4.69, 9.17) is 0 Å². The van der Waals surface area contributed by atoms with Crippen molar-refractivity contribution in [2.45, 2.75) is 44.7 Å². The summed E-state index contributed by atoms with van der Waals surface area (Å²) in [4.78, 5) is 7.60. The van der Waals surface area contributed by atoms with E-state index < -0.39 is 0 Å². The van der Waals surface area contributed by atoms with Gasteiger partial charge < -0.3 is 15.1 Å². The Kier molecular flexibility index (Phi) is 5.84. The van der Waals surface area contributed by atoms with Crippen LogP contribution in [0.5, 0.6) is 0 Å². The number of hydrogen-bond donors (Lipinski definition) is 1. The highest BCUT2D eigenvalue weighted by atomic mass is 15.3. The molecule has 4 heteroatoms. The molecule has 20 heavy (non-hydrogen) atoms. The maximum atomic E-state index is 3.74. The van der Waals surface area contributed by atoms with Crippen LogP contribution < -0.4 is 5.32 Å². The third kappa shape index (κ3) is 4.42. The van der Waals surface area contributed by atoms with Gasteiger partial charge in [0.15, 0.2) is 0 Å². The van der Waals surface area contributed by atoms with Crippen LogP contribution in [0, 0.1) is 0 Å². The van der Waals surface area contributed by atoms with Gasteiger partial charge in [-0.15, -0.1) is 0 Å². The van der Waals surface area contributed by atoms with Gasteiger partial charge in [0.1, 0.15) is 0 Å². The first-order valence-electron chi connectivity index (χ1n) is 8.33. The smallest absolute Gasteiger partial charge is 0.0278 e. The van der Waals surface area contributed by atoms with Crippen molar-refractivity contribution in [2.24, 2.45) is 0 Å². The van der Waals surface area contributed by atoms with Gasteiger partial charge in [-0.3, -0.25) is 4.90 Å². The summed E-state index contributed by atoms with van der Waals surface area (Å²) >= 11 is 0. The molecule has 0 amide bonds. The molecule has 4 nitrogen and oxygen atoms in total. The van der Waals surface area contributed by atoms with Gasteiger partial charge in [-0.05, 0) is 47.3 Å². The van der Waals surface area contributed by atoms with Crippen molar-refractivity contribution >= 4 is 0 Å². The van der Waals surface area contributed by atoms with E-state index in [1.807, 2.05) is 0 Å². The molecule has 1 N–H and O–H groups in total. The molecule has 2 saturated heterocycles. The zero-order valence-electron chi connectivity index (χ0n) is 14.0. The number of piperidine rings is 1. The molecule has 2 fully saturated rings. The largest absolute Gasteiger partial charge is 0.313 e. The predicted octanol–water partition coefficient (Wildman–Crippen LogP) is 1.09. The molecule has 0 spiro atoms. The van der Waals surface area contributed by atoms with Crippen LogP contribution in [0.15, 0.2) is 0 Å². The maximum absolute atomic E-state index is 3.74. The Morgan fingerprint density at radius 1 is 1.00 bits per heavy atom. The zero-order valence-corrected chi connectivity index (χ0v) is 14.0. The Morgan fingerprint density at radius 2 is 1.70 bits per heavy atom. The van der Waals surface area contributed by atoms with Crippen LogP contribution in [0.1, 0.15) is 33.1 Å². The van der Waals surface area contributed by atoms with Crippen molar-refractivity contribution in [1.82, 2.24) is 20.0 Å². The summed E-state index contributed by atoms with van der Waals surface area (Å²) in [5.41, 5.74) is 0.272. The number of piperazine rings is 1. The molecule has 0 aromatic carbocycles. The van der Waals surface area contributed by atoms with Crippen LogP contribution in [0.3, 0.4) is 0 Å². The van der Waals surface area contributed by atoms with Crippen molar-refractivity contribution in [3.8, 4) is 0 Å². The summed E-state index contributed by atoms with van der Waals surface area (Å²) in [6.07, 6.45) is 4.14. The molecule has 0 aromatic rings. The standard InChI is InChI=1S/C16H34N4/c1-16(2,20-11-9-18(3)10-12-20)14-17-13-15-7-5-6-8-19(15)4/h15,17H,5-14H2,1-4H3. The third-order valence-corrected chi connectivity index (χ3v) is 5.22. The molecular weight excluding hydrogens is 248 g/mol. The maximum Gasteiger partial charge on any atom is 0.0278 e. The third-order valence-electron chi connectivity index (χ3n) is 5.22. The van der Waals surface area contributed by atoms with Gasteiger partial charge >= 0.3 is 0 Å². The fraction of sp³-hybridized carbons (Fsp3) is 1.00. The second kappa shape index (κ2) is 7.21.